The molecule has 1 unspecified atom stereocenters. The van der Waals surface area contributed by atoms with Crippen molar-refractivity contribution in [3.8, 4) is 11.8 Å². The topological polar surface area (TPSA) is 44.2 Å². The van der Waals surface area contributed by atoms with Crippen LogP contribution in [0, 0.1) is 5.92 Å². The lowest BCUT2D eigenvalue weighted by molar-refractivity contribution is 0.184. The zero-order valence-electron chi connectivity index (χ0n) is 18.1. The van der Waals surface area contributed by atoms with E-state index in [0.29, 0.717) is 18.4 Å². The molecule has 0 spiro atoms. The van der Waals surface area contributed by atoms with Crippen LogP contribution in [0.15, 0.2) is 36.4 Å². The molecule has 1 atom stereocenters. The number of aryl methyl sites for hydroxylation is 1. The molecule has 0 aliphatic heterocycles. The van der Waals surface area contributed by atoms with Gasteiger partial charge in [-0.05, 0) is 56.1 Å². The van der Waals surface area contributed by atoms with Crippen molar-refractivity contribution < 1.29 is 9.47 Å². The summed E-state index contributed by atoms with van der Waals surface area (Å²) >= 11 is 0. The quantitative estimate of drug-likeness (QED) is 0.437. The molecule has 0 aliphatic carbocycles. The normalized spacial score (nSPS) is 12.4. The van der Waals surface area contributed by atoms with Crippen LogP contribution >= 0.6 is 0 Å². The number of aromatic nitrogens is 2. The Balaban J connectivity index is 1.75. The largest absolute Gasteiger partial charge is 0.478 e. The predicted octanol–water partition coefficient (Wildman–Crippen LogP) is 6.21. The van der Waals surface area contributed by atoms with Crippen LogP contribution in [0.2, 0.25) is 0 Å². The van der Waals surface area contributed by atoms with Crippen LogP contribution < -0.4 is 9.47 Å². The third kappa shape index (κ3) is 7.49. The minimum absolute atomic E-state index is 0.252. The maximum absolute atomic E-state index is 5.96. The molecule has 0 bridgehead atoms. The van der Waals surface area contributed by atoms with Crippen LogP contribution in [0.4, 0.5) is 0 Å². The van der Waals surface area contributed by atoms with Gasteiger partial charge >= 0.3 is 0 Å². The summed E-state index contributed by atoms with van der Waals surface area (Å²) in [5, 5.41) is 0. The molecule has 4 heteroatoms. The van der Waals surface area contributed by atoms with E-state index in [1.165, 1.54) is 0 Å². The summed E-state index contributed by atoms with van der Waals surface area (Å²) in [4.78, 5) is 9.23. The fraction of sp³-hybridized carbons (Fsp3) is 0.583. The second kappa shape index (κ2) is 11.7. The standard InChI is InChI=1S/C24H36N2O2/c1-6-21(7-2)28-24-13-8-10-20(25-24)15-14-19(5)16-17-27-23-12-9-11-22(26-23)18(3)4/h8-13,18-19,21H,6-7,14-17H2,1-5H3. The first-order chi connectivity index (χ1) is 13.5. The van der Waals surface area contributed by atoms with E-state index in [4.69, 9.17) is 9.47 Å². The number of ether oxygens (including phenoxy) is 2. The van der Waals surface area contributed by atoms with Gasteiger partial charge in [-0.1, -0.05) is 46.8 Å². The Morgan fingerprint density at radius 2 is 1.57 bits per heavy atom. The van der Waals surface area contributed by atoms with Crippen LogP contribution in [-0.4, -0.2) is 22.7 Å². The Bertz CT molecular complexity index is 699. The van der Waals surface area contributed by atoms with Gasteiger partial charge in [-0.15, -0.1) is 0 Å². The lowest BCUT2D eigenvalue weighted by Crippen LogP contribution is -2.14. The first-order valence-corrected chi connectivity index (χ1v) is 10.7. The van der Waals surface area contributed by atoms with Crippen molar-refractivity contribution in [3.05, 3.63) is 47.8 Å². The molecule has 4 nitrogen and oxygen atoms in total. The summed E-state index contributed by atoms with van der Waals surface area (Å²) in [6.07, 6.45) is 5.33. The molecule has 0 radical (unpaired) electrons. The highest BCUT2D eigenvalue weighted by molar-refractivity contribution is 5.18. The van der Waals surface area contributed by atoms with E-state index in [0.717, 1.165) is 55.3 Å². The van der Waals surface area contributed by atoms with Gasteiger partial charge in [0.25, 0.3) is 0 Å². The van der Waals surface area contributed by atoms with Gasteiger partial charge in [0.2, 0.25) is 11.8 Å². The third-order valence-electron chi connectivity index (χ3n) is 5.07. The van der Waals surface area contributed by atoms with Crippen molar-refractivity contribution in [3.63, 3.8) is 0 Å². The van der Waals surface area contributed by atoms with Crippen LogP contribution in [0.25, 0.3) is 0 Å². The number of pyridine rings is 2. The van der Waals surface area contributed by atoms with Crippen LogP contribution in [0.3, 0.4) is 0 Å². The van der Waals surface area contributed by atoms with Crippen molar-refractivity contribution in [2.24, 2.45) is 5.92 Å². The van der Waals surface area contributed by atoms with E-state index >= 15 is 0 Å². The zero-order chi connectivity index (χ0) is 20.4. The molecule has 2 aromatic heterocycles. The van der Waals surface area contributed by atoms with E-state index in [9.17, 15) is 0 Å². The SMILES string of the molecule is CCC(CC)Oc1cccc(CCC(C)CCOc2cccc(C(C)C)n2)n1. The van der Waals surface area contributed by atoms with Crippen molar-refractivity contribution in [1.29, 1.82) is 0 Å². The summed E-state index contributed by atoms with van der Waals surface area (Å²) in [6.45, 7) is 11.6. The van der Waals surface area contributed by atoms with Crippen molar-refractivity contribution in [2.75, 3.05) is 6.61 Å². The van der Waals surface area contributed by atoms with Gasteiger partial charge in [-0.25, -0.2) is 9.97 Å². The predicted molar refractivity (Wildman–Crippen MR) is 115 cm³/mol. The molecule has 0 N–H and O–H groups in total. The molecular weight excluding hydrogens is 348 g/mol. The number of nitrogens with zero attached hydrogens (tertiary/aromatic N) is 2. The molecule has 2 rings (SSSR count). The Labute approximate surface area is 170 Å². The molecule has 0 amide bonds. The van der Waals surface area contributed by atoms with Gasteiger partial charge in [-0.2, -0.15) is 0 Å². The number of rotatable bonds is 12. The van der Waals surface area contributed by atoms with Crippen molar-refractivity contribution in [2.45, 2.75) is 78.7 Å². The fourth-order valence-electron chi connectivity index (χ4n) is 3.02. The minimum atomic E-state index is 0.252. The smallest absolute Gasteiger partial charge is 0.213 e. The van der Waals surface area contributed by atoms with E-state index < -0.39 is 0 Å². The van der Waals surface area contributed by atoms with Gasteiger partial charge in [0.15, 0.2) is 0 Å². The van der Waals surface area contributed by atoms with Crippen molar-refractivity contribution in [1.82, 2.24) is 9.97 Å². The average molecular weight is 385 g/mol. The summed E-state index contributed by atoms with van der Waals surface area (Å²) in [6, 6.07) is 12.1. The highest BCUT2D eigenvalue weighted by atomic mass is 16.5. The summed E-state index contributed by atoms with van der Waals surface area (Å²) < 4.78 is 11.8. The molecule has 0 saturated carbocycles. The fourth-order valence-corrected chi connectivity index (χ4v) is 3.02. The molecule has 154 valence electrons. The first kappa shape index (κ1) is 22.2. The Morgan fingerprint density at radius 1 is 0.857 bits per heavy atom. The van der Waals surface area contributed by atoms with Crippen LogP contribution in [-0.2, 0) is 6.42 Å². The first-order valence-electron chi connectivity index (χ1n) is 10.7. The van der Waals surface area contributed by atoms with E-state index in [2.05, 4.69) is 50.7 Å². The minimum Gasteiger partial charge on any atom is -0.478 e. The van der Waals surface area contributed by atoms with E-state index in [1.807, 2.05) is 30.3 Å². The average Bonchev–Trinajstić information content (AvgIpc) is 2.71. The second-order valence-electron chi connectivity index (χ2n) is 7.86. The van der Waals surface area contributed by atoms with Crippen LogP contribution in [0.5, 0.6) is 11.8 Å². The maximum atomic E-state index is 5.96. The zero-order valence-corrected chi connectivity index (χ0v) is 18.1. The van der Waals surface area contributed by atoms with Gasteiger partial charge < -0.3 is 9.47 Å². The molecular formula is C24H36N2O2. The number of hydrogen-bond acceptors (Lipinski definition) is 4. The highest BCUT2D eigenvalue weighted by Crippen LogP contribution is 2.18. The lowest BCUT2D eigenvalue weighted by atomic mass is 10.0. The van der Waals surface area contributed by atoms with E-state index in [1.54, 1.807) is 0 Å². The molecule has 0 aliphatic rings. The maximum Gasteiger partial charge on any atom is 0.213 e. The van der Waals surface area contributed by atoms with Gasteiger partial charge in [-0.3, -0.25) is 0 Å². The molecule has 2 heterocycles. The molecule has 0 saturated heterocycles. The molecule has 0 aromatic carbocycles. The van der Waals surface area contributed by atoms with Crippen LogP contribution in [0.1, 0.15) is 77.6 Å². The molecule has 28 heavy (non-hydrogen) atoms. The monoisotopic (exact) mass is 384 g/mol. The Kier molecular flexibility index (Phi) is 9.26. The summed E-state index contributed by atoms with van der Waals surface area (Å²) in [7, 11) is 0. The van der Waals surface area contributed by atoms with Gasteiger partial charge in [0, 0.05) is 23.5 Å². The number of hydrogen-bond donors (Lipinski definition) is 0. The van der Waals surface area contributed by atoms with E-state index in [-0.39, 0.29) is 6.10 Å². The summed E-state index contributed by atoms with van der Waals surface area (Å²) in [5.41, 5.74) is 2.18. The molecule has 2 aromatic rings. The van der Waals surface area contributed by atoms with Gasteiger partial charge in [0.1, 0.15) is 0 Å². The molecule has 0 fully saturated rings. The third-order valence-corrected chi connectivity index (χ3v) is 5.07. The Morgan fingerprint density at radius 3 is 2.29 bits per heavy atom. The summed E-state index contributed by atoms with van der Waals surface area (Å²) in [5.74, 6) is 2.46. The van der Waals surface area contributed by atoms with Crippen molar-refractivity contribution >= 4 is 0 Å². The lowest BCUT2D eigenvalue weighted by Gasteiger charge is -2.16. The second-order valence-corrected chi connectivity index (χ2v) is 7.86. The highest BCUT2D eigenvalue weighted by Gasteiger charge is 2.09. The van der Waals surface area contributed by atoms with Gasteiger partial charge in [0.05, 0.1) is 12.7 Å². The Hall–Kier alpha value is -2.10.